The van der Waals surface area contributed by atoms with Gasteiger partial charge in [0.25, 0.3) is 0 Å². The first-order valence-corrected chi connectivity index (χ1v) is 31.3. The van der Waals surface area contributed by atoms with Crippen LogP contribution >= 0.6 is 0 Å². The molecule has 0 bridgehead atoms. The molecule has 0 rings (SSSR count). The Hall–Kier alpha value is -1.92. The molecule has 70 heavy (non-hydrogen) atoms. The highest BCUT2D eigenvalue weighted by molar-refractivity contribution is 5.76. The highest BCUT2D eigenvalue weighted by Gasteiger charge is 2.18. The van der Waals surface area contributed by atoms with Crippen LogP contribution in [0.5, 0.6) is 0 Å². The Morgan fingerprint density at radius 2 is 0.714 bits per heavy atom. The van der Waals surface area contributed by atoms with Crippen LogP contribution in [0, 0.1) is 0 Å². The van der Waals surface area contributed by atoms with E-state index in [1.54, 1.807) is 6.08 Å². The minimum atomic E-state index is -0.848. The van der Waals surface area contributed by atoms with Crippen molar-refractivity contribution in [2.75, 3.05) is 13.2 Å². The lowest BCUT2D eigenvalue weighted by Gasteiger charge is -2.20. The summed E-state index contributed by atoms with van der Waals surface area (Å²) in [6.07, 6.45) is 74.8. The van der Waals surface area contributed by atoms with Gasteiger partial charge in [-0.1, -0.05) is 307 Å². The number of ether oxygens (including phenoxy) is 1. The normalized spacial score (nSPS) is 12.8. The molecule has 2 atom stereocenters. The lowest BCUT2D eigenvalue weighted by atomic mass is 10.0. The number of rotatable bonds is 58. The summed E-state index contributed by atoms with van der Waals surface area (Å²) in [7, 11) is 0. The van der Waals surface area contributed by atoms with Crippen molar-refractivity contribution in [2.24, 2.45) is 0 Å². The predicted molar refractivity (Wildman–Crippen MR) is 306 cm³/mol. The summed E-state index contributed by atoms with van der Waals surface area (Å²) < 4.78 is 5.42. The highest BCUT2D eigenvalue weighted by atomic mass is 16.5. The fourth-order valence-electron chi connectivity index (χ4n) is 9.65. The lowest BCUT2D eigenvalue weighted by molar-refractivity contribution is -0.143. The van der Waals surface area contributed by atoms with Crippen molar-refractivity contribution < 1.29 is 24.5 Å². The molecule has 6 heteroatoms. The second-order valence-corrected chi connectivity index (χ2v) is 21.4. The van der Waals surface area contributed by atoms with Crippen LogP contribution in [0.2, 0.25) is 0 Å². The topological polar surface area (TPSA) is 95.9 Å². The first-order valence-electron chi connectivity index (χ1n) is 31.3. The van der Waals surface area contributed by atoms with E-state index in [0.29, 0.717) is 19.4 Å². The van der Waals surface area contributed by atoms with Gasteiger partial charge in [0.1, 0.15) is 0 Å². The third kappa shape index (κ3) is 55.4. The van der Waals surface area contributed by atoms with E-state index in [9.17, 15) is 19.8 Å². The largest absolute Gasteiger partial charge is 0.465 e. The lowest BCUT2D eigenvalue weighted by Crippen LogP contribution is -2.45. The van der Waals surface area contributed by atoms with Gasteiger partial charge < -0.3 is 20.3 Å². The SMILES string of the molecule is CCCCCCCCCCCCCCCCC/C=C/C(O)C(CO)NC(=O)CCCCCCCCCCCCCCCC/C=C\C/C=C\CCOC(=O)CCCCCCCCCCCCCCCCC. The van der Waals surface area contributed by atoms with E-state index < -0.39 is 12.1 Å². The first kappa shape index (κ1) is 68.1. The van der Waals surface area contributed by atoms with Crippen molar-refractivity contribution in [3.63, 3.8) is 0 Å². The molecule has 0 aliphatic rings. The zero-order chi connectivity index (χ0) is 50.7. The fraction of sp³-hybridized carbons (Fsp3) is 0.875. The molecule has 0 fully saturated rings. The van der Waals surface area contributed by atoms with Crippen molar-refractivity contribution >= 4 is 11.9 Å². The summed E-state index contributed by atoms with van der Waals surface area (Å²) in [6.45, 7) is 4.82. The number of nitrogens with one attached hydrogen (secondary N) is 1. The molecule has 0 aliphatic carbocycles. The molecule has 6 nitrogen and oxygen atoms in total. The van der Waals surface area contributed by atoms with Gasteiger partial charge in [-0.2, -0.15) is 0 Å². The van der Waals surface area contributed by atoms with Crippen LogP contribution in [0.4, 0.5) is 0 Å². The van der Waals surface area contributed by atoms with Gasteiger partial charge in [0.05, 0.1) is 25.4 Å². The molecule has 412 valence electrons. The minimum Gasteiger partial charge on any atom is -0.465 e. The molecule has 1 amide bonds. The summed E-state index contributed by atoms with van der Waals surface area (Å²) in [5.41, 5.74) is 0. The molecule has 0 aromatic rings. The maximum absolute atomic E-state index is 12.5. The first-order chi connectivity index (χ1) is 34.5. The number of aliphatic hydroxyl groups excluding tert-OH is 2. The van der Waals surface area contributed by atoms with Crippen LogP contribution in [0.25, 0.3) is 0 Å². The van der Waals surface area contributed by atoms with Gasteiger partial charge in [-0.15, -0.1) is 0 Å². The Balaban J connectivity index is 3.47. The molecular weight excluding hydrogens is 863 g/mol. The monoisotopic (exact) mass is 984 g/mol. The van der Waals surface area contributed by atoms with Gasteiger partial charge in [0, 0.05) is 12.8 Å². The third-order valence-corrected chi connectivity index (χ3v) is 14.4. The number of allylic oxidation sites excluding steroid dienone is 4. The number of amides is 1. The van der Waals surface area contributed by atoms with E-state index in [1.807, 2.05) is 6.08 Å². The molecule has 0 radical (unpaired) electrons. The van der Waals surface area contributed by atoms with Crippen LogP contribution in [-0.2, 0) is 14.3 Å². The molecule has 2 unspecified atom stereocenters. The quantitative estimate of drug-likeness (QED) is 0.0321. The molecule has 0 heterocycles. The van der Waals surface area contributed by atoms with Crippen LogP contribution < -0.4 is 5.32 Å². The number of esters is 1. The third-order valence-electron chi connectivity index (χ3n) is 14.4. The van der Waals surface area contributed by atoms with Gasteiger partial charge in [0.2, 0.25) is 5.91 Å². The van der Waals surface area contributed by atoms with Gasteiger partial charge in [-0.05, 0) is 51.4 Å². The number of carbonyl (C=O) groups excluding carboxylic acids is 2. The standard InChI is InChI=1S/C64H121NO5/c1-3-5-7-9-11-13-15-17-19-25-29-32-36-40-44-48-52-56-62(67)61(60-66)65-63(68)57-53-49-45-41-37-33-30-26-23-21-20-22-24-27-31-35-39-43-47-51-55-59-70-64(69)58-54-50-46-42-38-34-28-18-16-14-12-10-8-6-4-2/h35,39,47,51-52,56,61-62,66-67H,3-34,36-38,40-46,48-50,53-55,57-60H2,1-2H3,(H,65,68)/b39-35-,51-47-,56-52+. The molecule has 3 N–H and O–H groups in total. The van der Waals surface area contributed by atoms with E-state index in [2.05, 4.69) is 43.5 Å². The molecule has 0 saturated carbocycles. The van der Waals surface area contributed by atoms with Gasteiger partial charge in [-0.3, -0.25) is 9.59 Å². The Kier molecular flexibility index (Phi) is 58.0. The molecular formula is C64H121NO5. The maximum Gasteiger partial charge on any atom is 0.305 e. The van der Waals surface area contributed by atoms with Crippen molar-refractivity contribution in [3.8, 4) is 0 Å². The van der Waals surface area contributed by atoms with E-state index in [4.69, 9.17) is 4.74 Å². The van der Waals surface area contributed by atoms with E-state index in [0.717, 1.165) is 51.4 Å². The summed E-state index contributed by atoms with van der Waals surface area (Å²) >= 11 is 0. The summed E-state index contributed by atoms with van der Waals surface area (Å²) in [5.74, 6) is -0.104. The number of hydrogen-bond donors (Lipinski definition) is 3. The average Bonchev–Trinajstić information content (AvgIpc) is 3.36. The number of carbonyl (C=O) groups is 2. The summed E-state index contributed by atoms with van der Waals surface area (Å²) in [6, 6.07) is -0.632. The second kappa shape index (κ2) is 59.6. The van der Waals surface area contributed by atoms with Crippen molar-refractivity contribution in [3.05, 3.63) is 36.5 Å². The van der Waals surface area contributed by atoms with Crippen molar-refractivity contribution in [2.45, 2.75) is 347 Å². The van der Waals surface area contributed by atoms with Crippen LogP contribution in [0.15, 0.2) is 36.5 Å². The Morgan fingerprint density at radius 3 is 1.09 bits per heavy atom. The second-order valence-electron chi connectivity index (χ2n) is 21.4. The summed E-state index contributed by atoms with van der Waals surface area (Å²) in [5, 5.41) is 23.2. The fourth-order valence-corrected chi connectivity index (χ4v) is 9.65. The highest BCUT2D eigenvalue weighted by Crippen LogP contribution is 2.17. The van der Waals surface area contributed by atoms with Crippen LogP contribution in [0.1, 0.15) is 335 Å². The molecule has 0 saturated heterocycles. The van der Waals surface area contributed by atoms with E-state index >= 15 is 0 Å². The zero-order valence-corrected chi connectivity index (χ0v) is 47.0. The minimum absolute atomic E-state index is 0.0328. The predicted octanol–water partition coefficient (Wildman–Crippen LogP) is 19.6. The van der Waals surface area contributed by atoms with Gasteiger partial charge in [0.15, 0.2) is 0 Å². The van der Waals surface area contributed by atoms with Crippen molar-refractivity contribution in [1.82, 2.24) is 5.32 Å². The van der Waals surface area contributed by atoms with Gasteiger partial charge in [-0.25, -0.2) is 0 Å². The van der Waals surface area contributed by atoms with Crippen molar-refractivity contribution in [1.29, 1.82) is 0 Å². The average molecular weight is 985 g/mol. The van der Waals surface area contributed by atoms with Crippen LogP contribution in [0.3, 0.4) is 0 Å². The molecule has 0 aromatic carbocycles. The zero-order valence-electron chi connectivity index (χ0n) is 47.0. The molecule has 0 aromatic heterocycles. The molecule has 0 spiro atoms. The number of hydrogen-bond acceptors (Lipinski definition) is 5. The Morgan fingerprint density at radius 1 is 0.400 bits per heavy atom. The molecule has 0 aliphatic heterocycles. The van der Waals surface area contributed by atoms with Gasteiger partial charge >= 0.3 is 5.97 Å². The van der Waals surface area contributed by atoms with E-state index in [-0.39, 0.29) is 18.5 Å². The smallest absolute Gasteiger partial charge is 0.305 e. The van der Waals surface area contributed by atoms with Crippen LogP contribution in [-0.4, -0.2) is 47.4 Å². The maximum atomic E-state index is 12.5. The summed E-state index contributed by atoms with van der Waals surface area (Å²) in [4.78, 5) is 24.5. The number of aliphatic hydroxyl groups is 2. The Bertz CT molecular complexity index is 1130. The Labute approximate surface area is 436 Å². The van der Waals surface area contributed by atoms with E-state index in [1.165, 1.54) is 257 Å². The number of unbranched alkanes of at least 4 members (excludes halogenated alkanes) is 43.